The molecule has 0 amide bonds. The molecule has 0 radical (unpaired) electrons. The van der Waals surface area contributed by atoms with Crippen molar-refractivity contribution in [3.05, 3.63) is 29.8 Å². The van der Waals surface area contributed by atoms with Gasteiger partial charge in [-0.3, -0.25) is 0 Å². The lowest BCUT2D eigenvalue weighted by molar-refractivity contribution is 0.340. The third-order valence-corrected chi connectivity index (χ3v) is 1.41. The van der Waals surface area contributed by atoms with Crippen molar-refractivity contribution < 1.29 is 4.74 Å². The van der Waals surface area contributed by atoms with Crippen LogP contribution >= 0.6 is 0 Å². The molecule has 0 saturated heterocycles. The molecule has 0 atom stereocenters. The summed E-state index contributed by atoms with van der Waals surface area (Å²) in [6.45, 7) is 2.64. The molecule has 3 heteroatoms. The maximum atomic E-state index is 5.26. The highest BCUT2D eigenvalue weighted by Gasteiger charge is 1.90. The SMILES string of the molecule is CCOc1ccc(C=NN)cc1. The van der Waals surface area contributed by atoms with E-state index in [0.717, 1.165) is 11.3 Å². The first-order chi connectivity index (χ1) is 5.86. The van der Waals surface area contributed by atoms with Crippen molar-refractivity contribution in [1.82, 2.24) is 0 Å². The van der Waals surface area contributed by atoms with Crippen molar-refractivity contribution in [2.75, 3.05) is 6.61 Å². The third-order valence-electron chi connectivity index (χ3n) is 1.41. The summed E-state index contributed by atoms with van der Waals surface area (Å²) in [6, 6.07) is 7.59. The molecule has 1 aromatic rings. The first-order valence-electron chi connectivity index (χ1n) is 3.83. The quantitative estimate of drug-likeness (QED) is 0.416. The molecule has 0 saturated carbocycles. The molecule has 0 unspecified atom stereocenters. The molecule has 0 heterocycles. The van der Waals surface area contributed by atoms with Crippen molar-refractivity contribution in [3.63, 3.8) is 0 Å². The summed E-state index contributed by atoms with van der Waals surface area (Å²) in [5, 5.41) is 3.42. The molecule has 0 aliphatic heterocycles. The van der Waals surface area contributed by atoms with Gasteiger partial charge in [0, 0.05) is 0 Å². The largest absolute Gasteiger partial charge is 0.494 e. The molecular formula is C9H12N2O. The van der Waals surface area contributed by atoms with Gasteiger partial charge in [-0.25, -0.2) is 0 Å². The predicted octanol–water partition coefficient (Wildman–Crippen LogP) is 1.38. The first kappa shape index (κ1) is 8.59. The van der Waals surface area contributed by atoms with Gasteiger partial charge in [-0.05, 0) is 36.8 Å². The summed E-state index contributed by atoms with van der Waals surface area (Å²) < 4.78 is 5.26. The smallest absolute Gasteiger partial charge is 0.119 e. The maximum Gasteiger partial charge on any atom is 0.119 e. The number of hydrogen-bond donors (Lipinski definition) is 1. The van der Waals surface area contributed by atoms with Crippen molar-refractivity contribution in [2.24, 2.45) is 10.9 Å². The van der Waals surface area contributed by atoms with Crippen LogP contribution in [-0.4, -0.2) is 12.8 Å². The molecule has 0 bridgehead atoms. The Hall–Kier alpha value is -1.51. The van der Waals surface area contributed by atoms with Crippen LogP contribution in [0.1, 0.15) is 12.5 Å². The zero-order valence-corrected chi connectivity index (χ0v) is 7.03. The average molecular weight is 164 g/mol. The van der Waals surface area contributed by atoms with Crippen LogP contribution in [0.5, 0.6) is 5.75 Å². The van der Waals surface area contributed by atoms with Crippen LogP contribution < -0.4 is 10.6 Å². The fourth-order valence-corrected chi connectivity index (χ4v) is 0.903. The molecule has 2 N–H and O–H groups in total. The Bertz CT molecular complexity index is 254. The topological polar surface area (TPSA) is 47.6 Å². The molecule has 3 nitrogen and oxygen atoms in total. The van der Waals surface area contributed by atoms with Gasteiger partial charge in [0.15, 0.2) is 0 Å². The van der Waals surface area contributed by atoms with Crippen LogP contribution in [0.3, 0.4) is 0 Å². The second-order valence-corrected chi connectivity index (χ2v) is 2.28. The molecule has 1 aromatic carbocycles. The number of benzene rings is 1. The van der Waals surface area contributed by atoms with Gasteiger partial charge < -0.3 is 10.6 Å². The summed E-state index contributed by atoms with van der Waals surface area (Å²) in [5.41, 5.74) is 0.973. The molecule has 0 aromatic heterocycles. The van der Waals surface area contributed by atoms with Gasteiger partial charge >= 0.3 is 0 Å². The molecule has 64 valence electrons. The Morgan fingerprint density at radius 2 is 2.08 bits per heavy atom. The predicted molar refractivity (Wildman–Crippen MR) is 49.4 cm³/mol. The van der Waals surface area contributed by atoms with E-state index in [1.54, 1.807) is 6.21 Å². The molecule has 0 aliphatic rings. The van der Waals surface area contributed by atoms with Crippen molar-refractivity contribution >= 4 is 6.21 Å². The Labute approximate surface area is 71.8 Å². The lowest BCUT2D eigenvalue weighted by atomic mass is 10.2. The number of nitrogens with two attached hydrogens (primary N) is 1. The van der Waals surface area contributed by atoms with Gasteiger partial charge in [0.2, 0.25) is 0 Å². The highest BCUT2D eigenvalue weighted by Crippen LogP contribution is 2.10. The fourth-order valence-electron chi connectivity index (χ4n) is 0.903. The normalized spacial score (nSPS) is 10.4. The van der Waals surface area contributed by atoms with E-state index in [1.165, 1.54) is 0 Å². The number of nitrogens with zero attached hydrogens (tertiary/aromatic N) is 1. The zero-order valence-electron chi connectivity index (χ0n) is 7.03. The summed E-state index contributed by atoms with van der Waals surface area (Å²) in [4.78, 5) is 0. The van der Waals surface area contributed by atoms with Crippen LogP contribution in [0.2, 0.25) is 0 Å². The molecule has 0 aliphatic carbocycles. The zero-order chi connectivity index (χ0) is 8.81. The summed E-state index contributed by atoms with van der Waals surface area (Å²) in [7, 11) is 0. The minimum Gasteiger partial charge on any atom is -0.494 e. The van der Waals surface area contributed by atoms with E-state index in [2.05, 4.69) is 5.10 Å². The highest BCUT2D eigenvalue weighted by atomic mass is 16.5. The molecule has 12 heavy (non-hydrogen) atoms. The van der Waals surface area contributed by atoms with Crippen LogP contribution in [0, 0.1) is 0 Å². The number of ether oxygens (including phenoxy) is 1. The number of rotatable bonds is 3. The molecule has 1 rings (SSSR count). The summed E-state index contributed by atoms with van der Waals surface area (Å²) in [6.07, 6.45) is 1.59. The minimum atomic E-state index is 0.685. The van der Waals surface area contributed by atoms with Crippen LogP contribution in [0.4, 0.5) is 0 Å². The second-order valence-electron chi connectivity index (χ2n) is 2.28. The van der Waals surface area contributed by atoms with E-state index >= 15 is 0 Å². The van der Waals surface area contributed by atoms with Crippen LogP contribution in [0.15, 0.2) is 29.4 Å². The van der Waals surface area contributed by atoms with E-state index in [-0.39, 0.29) is 0 Å². The van der Waals surface area contributed by atoms with E-state index in [4.69, 9.17) is 10.6 Å². The van der Waals surface area contributed by atoms with Crippen LogP contribution in [0.25, 0.3) is 0 Å². The van der Waals surface area contributed by atoms with E-state index < -0.39 is 0 Å². The Balaban J connectivity index is 2.71. The van der Waals surface area contributed by atoms with Gasteiger partial charge in [0.1, 0.15) is 5.75 Å². The Kier molecular flexibility index (Phi) is 3.14. The molecule has 0 spiro atoms. The number of hydrogen-bond acceptors (Lipinski definition) is 3. The van der Waals surface area contributed by atoms with Gasteiger partial charge in [-0.2, -0.15) is 5.10 Å². The van der Waals surface area contributed by atoms with E-state index in [9.17, 15) is 0 Å². The van der Waals surface area contributed by atoms with Crippen molar-refractivity contribution in [1.29, 1.82) is 0 Å². The summed E-state index contributed by atoms with van der Waals surface area (Å²) >= 11 is 0. The first-order valence-corrected chi connectivity index (χ1v) is 3.83. The Morgan fingerprint density at radius 3 is 2.58 bits per heavy atom. The van der Waals surface area contributed by atoms with Gasteiger partial charge in [0.05, 0.1) is 12.8 Å². The lowest BCUT2D eigenvalue weighted by Crippen LogP contribution is -1.91. The van der Waals surface area contributed by atoms with Crippen molar-refractivity contribution in [3.8, 4) is 5.75 Å². The minimum absolute atomic E-state index is 0.685. The fraction of sp³-hybridized carbons (Fsp3) is 0.222. The van der Waals surface area contributed by atoms with Crippen molar-refractivity contribution in [2.45, 2.75) is 6.92 Å². The van der Waals surface area contributed by atoms with Gasteiger partial charge in [-0.15, -0.1) is 0 Å². The Morgan fingerprint density at radius 1 is 1.42 bits per heavy atom. The number of hydrazone groups is 1. The third kappa shape index (κ3) is 2.27. The monoisotopic (exact) mass is 164 g/mol. The summed E-state index contributed by atoms with van der Waals surface area (Å²) in [5.74, 6) is 5.86. The maximum absolute atomic E-state index is 5.26. The molecule has 0 fully saturated rings. The second kappa shape index (κ2) is 4.38. The van der Waals surface area contributed by atoms with Gasteiger partial charge in [0.25, 0.3) is 0 Å². The lowest BCUT2D eigenvalue weighted by Gasteiger charge is -2.01. The van der Waals surface area contributed by atoms with E-state index in [0.29, 0.717) is 6.61 Å². The average Bonchev–Trinajstić information content (AvgIpc) is 2.09. The molecular weight excluding hydrogens is 152 g/mol. The van der Waals surface area contributed by atoms with Gasteiger partial charge in [-0.1, -0.05) is 0 Å². The standard InChI is InChI=1S/C9H12N2O/c1-2-12-9-5-3-8(4-6-9)7-11-10/h3-7H,2,10H2,1H3. The van der Waals surface area contributed by atoms with Crippen LogP contribution in [-0.2, 0) is 0 Å². The van der Waals surface area contributed by atoms with E-state index in [1.807, 2.05) is 31.2 Å². The highest BCUT2D eigenvalue weighted by molar-refractivity contribution is 5.79.